The fourth-order valence-corrected chi connectivity index (χ4v) is 1.60. The minimum absolute atomic E-state index is 1.16. The third-order valence-electron chi connectivity index (χ3n) is 2.07. The third-order valence-corrected chi connectivity index (χ3v) is 2.19. The molecule has 1 heteroatoms. The van der Waals surface area contributed by atoms with Gasteiger partial charge in [-0.2, -0.15) is 0 Å². The van der Waals surface area contributed by atoms with Crippen molar-refractivity contribution < 1.29 is 0 Å². The molecular formula is C12H9Cl. The van der Waals surface area contributed by atoms with Crippen LogP contribution in [-0.4, -0.2) is 0 Å². The van der Waals surface area contributed by atoms with Crippen LogP contribution in [0.15, 0.2) is 48.0 Å². The van der Waals surface area contributed by atoms with E-state index < -0.39 is 0 Å². The van der Waals surface area contributed by atoms with Gasteiger partial charge >= 0.3 is 0 Å². The van der Waals surface area contributed by atoms with Crippen LogP contribution in [0.1, 0.15) is 5.56 Å². The standard InChI is InChI=1S/C12H9Cl/c13-9-8-11-6-3-5-10-4-1-2-7-12(10)11/h1-9H/b9-8-. The monoisotopic (exact) mass is 188 g/mol. The van der Waals surface area contributed by atoms with Gasteiger partial charge in [0.15, 0.2) is 0 Å². The SMILES string of the molecule is Cl/C=C\c1cccc2ccccc12. The predicted molar refractivity (Wildman–Crippen MR) is 58.8 cm³/mol. The minimum Gasteiger partial charge on any atom is -0.0929 e. The Labute approximate surface area is 82.5 Å². The molecule has 0 N–H and O–H groups in total. The summed E-state index contributed by atoms with van der Waals surface area (Å²) in [5, 5.41) is 2.48. The molecular weight excluding hydrogens is 180 g/mol. The highest BCUT2D eigenvalue weighted by Gasteiger charge is 1.94. The van der Waals surface area contributed by atoms with Gasteiger partial charge in [0.25, 0.3) is 0 Å². The van der Waals surface area contributed by atoms with Crippen molar-refractivity contribution in [2.24, 2.45) is 0 Å². The first kappa shape index (κ1) is 8.33. The molecule has 13 heavy (non-hydrogen) atoms. The Morgan fingerprint density at radius 1 is 0.923 bits per heavy atom. The molecule has 0 saturated heterocycles. The van der Waals surface area contributed by atoms with Crippen LogP contribution in [0.5, 0.6) is 0 Å². The van der Waals surface area contributed by atoms with Crippen molar-refractivity contribution in [2.45, 2.75) is 0 Å². The van der Waals surface area contributed by atoms with E-state index >= 15 is 0 Å². The highest BCUT2D eigenvalue weighted by molar-refractivity contribution is 6.27. The third kappa shape index (κ3) is 1.58. The lowest BCUT2D eigenvalue weighted by molar-refractivity contribution is 1.71. The summed E-state index contributed by atoms with van der Waals surface area (Å²) in [5.74, 6) is 0. The van der Waals surface area contributed by atoms with E-state index in [2.05, 4.69) is 24.3 Å². The molecule has 0 radical (unpaired) electrons. The van der Waals surface area contributed by atoms with Crippen LogP contribution in [0.3, 0.4) is 0 Å². The Kier molecular flexibility index (Phi) is 2.33. The molecule has 0 unspecified atom stereocenters. The van der Waals surface area contributed by atoms with Crippen LogP contribution in [0.4, 0.5) is 0 Å². The van der Waals surface area contributed by atoms with Gasteiger partial charge in [-0.1, -0.05) is 54.1 Å². The molecule has 0 amide bonds. The Balaban J connectivity index is 2.75. The van der Waals surface area contributed by atoms with Crippen molar-refractivity contribution in [3.05, 3.63) is 53.6 Å². The second kappa shape index (κ2) is 3.63. The molecule has 0 aliphatic rings. The summed E-state index contributed by atoms with van der Waals surface area (Å²) in [5.41, 5.74) is 2.70. The molecule has 0 spiro atoms. The number of rotatable bonds is 1. The average molecular weight is 189 g/mol. The largest absolute Gasteiger partial charge is 0.0929 e. The van der Waals surface area contributed by atoms with Gasteiger partial charge in [0.2, 0.25) is 0 Å². The number of halogens is 1. The van der Waals surface area contributed by atoms with Gasteiger partial charge in [-0.25, -0.2) is 0 Å². The zero-order chi connectivity index (χ0) is 9.10. The van der Waals surface area contributed by atoms with Crippen LogP contribution in [0, 0.1) is 0 Å². The molecule has 64 valence electrons. The number of hydrogen-bond acceptors (Lipinski definition) is 0. The first-order valence-corrected chi connectivity index (χ1v) is 4.60. The topological polar surface area (TPSA) is 0 Å². The van der Waals surface area contributed by atoms with Crippen LogP contribution in [0.25, 0.3) is 16.8 Å². The smallest absolute Gasteiger partial charge is 0.00486 e. The average Bonchev–Trinajstić information content (AvgIpc) is 2.19. The lowest BCUT2D eigenvalue weighted by Crippen LogP contribution is -1.76. The van der Waals surface area contributed by atoms with Gasteiger partial charge in [-0.05, 0) is 22.4 Å². The highest BCUT2D eigenvalue weighted by Crippen LogP contribution is 2.19. The Hall–Kier alpha value is -1.27. The molecule has 2 aromatic carbocycles. The lowest BCUT2D eigenvalue weighted by atomic mass is 10.1. The number of benzene rings is 2. The molecule has 0 aliphatic heterocycles. The van der Waals surface area contributed by atoms with Crippen LogP contribution in [0.2, 0.25) is 0 Å². The minimum atomic E-state index is 1.16. The molecule has 0 saturated carbocycles. The van der Waals surface area contributed by atoms with Gasteiger partial charge < -0.3 is 0 Å². The summed E-state index contributed by atoms with van der Waals surface area (Å²) in [7, 11) is 0. The lowest BCUT2D eigenvalue weighted by Gasteiger charge is -2.00. The summed E-state index contributed by atoms with van der Waals surface area (Å²) < 4.78 is 0. The van der Waals surface area contributed by atoms with Crippen LogP contribution < -0.4 is 0 Å². The van der Waals surface area contributed by atoms with E-state index in [1.54, 1.807) is 5.54 Å². The second-order valence-corrected chi connectivity index (χ2v) is 3.11. The first-order valence-electron chi connectivity index (χ1n) is 4.16. The molecule has 2 aromatic rings. The molecule has 0 heterocycles. The maximum atomic E-state index is 5.56. The Bertz CT molecular complexity index is 438. The van der Waals surface area contributed by atoms with E-state index in [4.69, 9.17) is 11.6 Å². The van der Waals surface area contributed by atoms with Crippen molar-refractivity contribution >= 4 is 28.4 Å². The van der Waals surface area contributed by atoms with Crippen LogP contribution >= 0.6 is 11.6 Å². The molecule has 0 fully saturated rings. The maximum Gasteiger partial charge on any atom is 0.00486 e. The normalized spacial score (nSPS) is 11.2. The van der Waals surface area contributed by atoms with Crippen molar-refractivity contribution in [1.29, 1.82) is 0 Å². The van der Waals surface area contributed by atoms with E-state index in [0.29, 0.717) is 0 Å². The fourth-order valence-electron chi connectivity index (χ4n) is 1.46. The maximum absolute atomic E-state index is 5.56. The van der Waals surface area contributed by atoms with Gasteiger partial charge in [0.1, 0.15) is 0 Å². The van der Waals surface area contributed by atoms with Crippen molar-refractivity contribution in [1.82, 2.24) is 0 Å². The molecule has 0 aromatic heterocycles. The quantitative estimate of drug-likeness (QED) is 0.634. The summed E-state index contributed by atoms with van der Waals surface area (Å²) in [6, 6.07) is 14.5. The molecule has 2 rings (SSSR count). The van der Waals surface area contributed by atoms with Gasteiger partial charge in [-0.15, -0.1) is 0 Å². The second-order valence-electron chi connectivity index (χ2n) is 2.86. The van der Waals surface area contributed by atoms with Crippen molar-refractivity contribution in [3.8, 4) is 0 Å². The zero-order valence-corrected chi connectivity index (χ0v) is 7.83. The Morgan fingerprint density at radius 3 is 2.54 bits per heavy atom. The summed E-state index contributed by atoms with van der Waals surface area (Å²) in [6.45, 7) is 0. The van der Waals surface area contributed by atoms with Crippen molar-refractivity contribution in [2.75, 3.05) is 0 Å². The summed E-state index contributed by atoms with van der Waals surface area (Å²) in [6.07, 6.45) is 1.91. The summed E-state index contributed by atoms with van der Waals surface area (Å²) >= 11 is 5.56. The zero-order valence-electron chi connectivity index (χ0n) is 7.07. The first-order chi connectivity index (χ1) is 6.42. The molecule has 0 atom stereocenters. The van der Waals surface area contributed by atoms with Gasteiger partial charge in [-0.3, -0.25) is 0 Å². The van der Waals surface area contributed by atoms with Crippen molar-refractivity contribution in [3.63, 3.8) is 0 Å². The van der Waals surface area contributed by atoms with Gasteiger partial charge in [0.05, 0.1) is 0 Å². The van der Waals surface area contributed by atoms with E-state index in [1.165, 1.54) is 10.8 Å². The van der Waals surface area contributed by atoms with E-state index in [0.717, 1.165) is 5.56 Å². The summed E-state index contributed by atoms with van der Waals surface area (Å²) in [4.78, 5) is 0. The predicted octanol–water partition coefficient (Wildman–Crippen LogP) is 4.05. The van der Waals surface area contributed by atoms with E-state index in [9.17, 15) is 0 Å². The number of hydrogen-bond donors (Lipinski definition) is 0. The molecule has 0 bridgehead atoms. The van der Waals surface area contributed by atoms with Gasteiger partial charge in [0, 0.05) is 5.54 Å². The highest BCUT2D eigenvalue weighted by atomic mass is 35.5. The number of fused-ring (bicyclic) bond motifs is 1. The van der Waals surface area contributed by atoms with E-state index in [-0.39, 0.29) is 0 Å². The van der Waals surface area contributed by atoms with Crippen LogP contribution in [-0.2, 0) is 0 Å². The Morgan fingerprint density at radius 2 is 1.69 bits per heavy atom. The van der Waals surface area contributed by atoms with E-state index in [1.807, 2.05) is 24.3 Å². The molecule has 0 aliphatic carbocycles. The molecule has 0 nitrogen and oxygen atoms in total. The fraction of sp³-hybridized carbons (Fsp3) is 0.